The largest absolute Gasteiger partial charge is 0.488 e. The van der Waals surface area contributed by atoms with E-state index in [1.54, 1.807) is 55.4 Å². The number of nitrogens with zero attached hydrogens (tertiary/aromatic N) is 3. The third kappa shape index (κ3) is 6.10. The Bertz CT molecular complexity index is 2070. The molecular weight excluding hydrogens is 659 g/mol. The van der Waals surface area contributed by atoms with Gasteiger partial charge in [0.15, 0.2) is 28.6 Å². The van der Waals surface area contributed by atoms with E-state index in [2.05, 4.69) is 41.5 Å². The predicted molar refractivity (Wildman–Crippen MR) is 176 cm³/mol. The van der Waals surface area contributed by atoms with Gasteiger partial charge < -0.3 is 25.1 Å². The van der Waals surface area contributed by atoms with Gasteiger partial charge in [0.2, 0.25) is 5.91 Å². The molecule has 46 heavy (non-hydrogen) atoms. The SMILES string of the molecule is CC(=O)N1CCOc2cc(Br)cnc21.CC(C)(NC(=O)c1cc2[nH]c3ccccc3c(=O)c2cc1F)c1cnc2c(c1)OCCN2. The molecule has 5 aromatic rings. The van der Waals surface area contributed by atoms with E-state index in [9.17, 15) is 18.8 Å². The first-order chi connectivity index (χ1) is 22.0. The molecule has 0 unspecified atom stereocenters. The zero-order valence-electron chi connectivity index (χ0n) is 25.2. The highest BCUT2D eigenvalue weighted by atomic mass is 79.9. The maximum atomic E-state index is 14.9. The number of halogens is 2. The first-order valence-corrected chi connectivity index (χ1v) is 15.3. The van der Waals surface area contributed by atoms with Crippen LogP contribution < -0.4 is 30.4 Å². The average molecular weight is 690 g/mol. The second-order valence-electron chi connectivity index (χ2n) is 11.3. The van der Waals surface area contributed by atoms with Crippen LogP contribution in [0.5, 0.6) is 11.5 Å². The number of H-pyrrole nitrogens is 1. The first kappa shape index (κ1) is 31.0. The molecule has 2 aliphatic heterocycles. The van der Waals surface area contributed by atoms with Crippen molar-refractivity contribution in [3.63, 3.8) is 0 Å². The van der Waals surface area contributed by atoms with Crippen LogP contribution in [0.2, 0.25) is 0 Å². The molecule has 0 atom stereocenters. The molecule has 0 spiro atoms. The molecule has 13 heteroatoms. The van der Waals surface area contributed by atoms with E-state index >= 15 is 0 Å². The quantitative estimate of drug-likeness (QED) is 0.218. The van der Waals surface area contributed by atoms with E-state index in [1.165, 1.54) is 13.0 Å². The highest BCUT2D eigenvalue weighted by Gasteiger charge is 2.28. The van der Waals surface area contributed by atoms with E-state index in [0.717, 1.165) is 10.5 Å². The summed E-state index contributed by atoms with van der Waals surface area (Å²) in [6.45, 7) is 7.43. The van der Waals surface area contributed by atoms with Gasteiger partial charge >= 0.3 is 0 Å². The molecule has 7 rings (SSSR count). The molecule has 0 saturated carbocycles. The van der Waals surface area contributed by atoms with Crippen LogP contribution in [0.25, 0.3) is 21.8 Å². The van der Waals surface area contributed by atoms with Gasteiger partial charge in [-0.05, 0) is 71.7 Å². The third-order valence-electron chi connectivity index (χ3n) is 7.70. The van der Waals surface area contributed by atoms with Crippen molar-refractivity contribution >= 4 is 61.2 Å². The van der Waals surface area contributed by atoms with E-state index in [-0.39, 0.29) is 22.3 Å². The van der Waals surface area contributed by atoms with Gasteiger partial charge in [-0.2, -0.15) is 0 Å². The van der Waals surface area contributed by atoms with Crippen molar-refractivity contribution in [3.8, 4) is 11.5 Å². The third-order valence-corrected chi connectivity index (χ3v) is 8.13. The van der Waals surface area contributed by atoms with Gasteiger partial charge in [0.1, 0.15) is 19.0 Å². The van der Waals surface area contributed by atoms with Crippen LogP contribution in [-0.2, 0) is 10.3 Å². The fraction of sp³-hybridized carbons (Fsp3) is 0.242. The van der Waals surface area contributed by atoms with Crippen molar-refractivity contribution in [3.05, 3.63) is 92.6 Å². The Labute approximate surface area is 271 Å². The Kier molecular flexibility index (Phi) is 8.34. The van der Waals surface area contributed by atoms with Crippen molar-refractivity contribution in [2.24, 2.45) is 0 Å². The summed E-state index contributed by atoms with van der Waals surface area (Å²) in [7, 11) is 0. The summed E-state index contributed by atoms with van der Waals surface area (Å²) in [5, 5.41) is 6.68. The first-order valence-electron chi connectivity index (χ1n) is 14.5. The number of aromatic amines is 1. The molecule has 0 saturated heterocycles. The molecule has 236 valence electrons. The fourth-order valence-corrected chi connectivity index (χ4v) is 5.59. The zero-order chi connectivity index (χ0) is 32.6. The second kappa shape index (κ2) is 12.4. The van der Waals surface area contributed by atoms with Gasteiger partial charge in [-0.25, -0.2) is 14.4 Å². The lowest BCUT2D eigenvalue weighted by Gasteiger charge is -2.28. The molecule has 0 aliphatic carbocycles. The van der Waals surface area contributed by atoms with Gasteiger partial charge in [-0.3, -0.25) is 19.3 Å². The molecule has 11 nitrogen and oxygen atoms in total. The number of rotatable bonds is 3. The number of carbonyl (C=O) groups excluding carboxylic acids is 2. The number of benzene rings is 2. The van der Waals surface area contributed by atoms with Gasteiger partial charge in [0, 0.05) is 40.1 Å². The van der Waals surface area contributed by atoms with Crippen LogP contribution in [0.4, 0.5) is 16.0 Å². The summed E-state index contributed by atoms with van der Waals surface area (Å²) in [4.78, 5) is 50.3. The number of para-hydroxylation sites is 1. The normalized spacial score (nSPS) is 13.7. The molecule has 0 bridgehead atoms. The number of ether oxygens (including phenoxy) is 2. The highest BCUT2D eigenvalue weighted by molar-refractivity contribution is 9.10. The topological polar surface area (TPSA) is 139 Å². The van der Waals surface area contributed by atoms with Crippen LogP contribution in [0.3, 0.4) is 0 Å². The van der Waals surface area contributed by atoms with Crippen molar-refractivity contribution < 1.29 is 23.5 Å². The summed E-state index contributed by atoms with van der Waals surface area (Å²) in [5.41, 5.74) is 0.450. The molecule has 2 amide bonds. The minimum Gasteiger partial charge on any atom is -0.488 e. The number of amides is 2. The second-order valence-corrected chi connectivity index (χ2v) is 12.2. The van der Waals surface area contributed by atoms with E-state index in [0.29, 0.717) is 71.4 Å². The van der Waals surface area contributed by atoms with Crippen LogP contribution in [-0.4, -0.2) is 53.1 Å². The number of carbonyl (C=O) groups is 2. The lowest BCUT2D eigenvalue weighted by atomic mass is 9.94. The molecular formula is C33H30BrFN6O5. The van der Waals surface area contributed by atoms with E-state index in [4.69, 9.17) is 9.47 Å². The molecule has 5 heterocycles. The van der Waals surface area contributed by atoms with Gasteiger partial charge in [-0.15, -0.1) is 0 Å². The number of hydrogen-bond acceptors (Lipinski definition) is 8. The standard InChI is InChI=1S/C24H21FN4O3.C9H9BrN2O2/c1-24(2,13-9-20-22(27-12-13)26-7-8-32-20)29-23(31)15-11-19-16(10-17(15)25)21(30)14-5-3-4-6-18(14)28-19;1-6(13)12-2-3-14-8-4-7(10)5-11-9(8)12/h3-6,9-12H,7-8H2,1-2H3,(H,26,27)(H,28,30)(H,29,31);4-5H,2-3H2,1H3. The summed E-state index contributed by atoms with van der Waals surface area (Å²) in [6, 6.07) is 13.1. The summed E-state index contributed by atoms with van der Waals surface area (Å²) < 4.78 is 26.8. The van der Waals surface area contributed by atoms with Crippen LogP contribution in [0.1, 0.15) is 36.7 Å². The Morgan fingerprint density at radius 2 is 1.78 bits per heavy atom. The van der Waals surface area contributed by atoms with Gasteiger partial charge in [0.05, 0.1) is 29.7 Å². The van der Waals surface area contributed by atoms with Gasteiger partial charge in [0.25, 0.3) is 5.91 Å². The maximum Gasteiger partial charge on any atom is 0.255 e. The molecule has 2 aliphatic rings. The van der Waals surface area contributed by atoms with Gasteiger partial charge in [-0.1, -0.05) is 12.1 Å². The Morgan fingerprint density at radius 3 is 2.59 bits per heavy atom. The van der Waals surface area contributed by atoms with Crippen LogP contribution in [0.15, 0.2) is 70.2 Å². The number of pyridine rings is 3. The molecule has 2 aromatic carbocycles. The smallest absolute Gasteiger partial charge is 0.255 e. The van der Waals surface area contributed by atoms with E-state index < -0.39 is 17.3 Å². The molecule has 3 aromatic heterocycles. The average Bonchev–Trinajstić information content (AvgIpc) is 3.04. The zero-order valence-corrected chi connectivity index (χ0v) is 26.8. The van der Waals surface area contributed by atoms with Crippen molar-refractivity contribution in [1.29, 1.82) is 0 Å². The molecule has 3 N–H and O–H groups in total. The lowest BCUT2D eigenvalue weighted by molar-refractivity contribution is -0.116. The van der Waals surface area contributed by atoms with Crippen LogP contribution >= 0.6 is 15.9 Å². The Hall–Kier alpha value is -5.04. The minimum atomic E-state index is -0.849. The Balaban J connectivity index is 0.000000221. The Morgan fingerprint density at radius 1 is 1.00 bits per heavy atom. The monoisotopic (exact) mass is 688 g/mol. The maximum absolute atomic E-state index is 14.9. The minimum absolute atomic E-state index is 0.00984. The summed E-state index contributed by atoms with van der Waals surface area (Å²) in [6.07, 6.45) is 3.31. The van der Waals surface area contributed by atoms with Crippen molar-refractivity contribution in [2.75, 3.05) is 36.5 Å². The highest BCUT2D eigenvalue weighted by Crippen LogP contribution is 2.32. The number of fused-ring (bicyclic) bond motifs is 4. The number of nitrogens with one attached hydrogen (secondary N) is 3. The number of anilines is 2. The molecule has 0 radical (unpaired) electrons. The summed E-state index contributed by atoms with van der Waals surface area (Å²) in [5.74, 6) is 1.15. The summed E-state index contributed by atoms with van der Waals surface area (Å²) >= 11 is 3.30. The molecule has 0 fully saturated rings. The fourth-order valence-electron chi connectivity index (χ4n) is 5.28. The van der Waals surface area contributed by atoms with Crippen LogP contribution in [0, 0.1) is 5.82 Å². The predicted octanol–water partition coefficient (Wildman–Crippen LogP) is 5.27. The number of aromatic nitrogens is 3. The lowest BCUT2D eigenvalue weighted by Crippen LogP contribution is -2.41. The van der Waals surface area contributed by atoms with Crippen molar-refractivity contribution in [2.45, 2.75) is 26.3 Å². The van der Waals surface area contributed by atoms with Crippen molar-refractivity contribution in [1.82, 2.24) is 20.3 Å². The van der Waals surface area contributed by atoms with E-state index in [1.807, 2.05) is 12.1 Å². The number of hydrogen-bond donors (Lipinski definition) is 3.